The summed E-state index contributed by atoms with van der Waals surface area (Å²) < 4.78 is 0. The van der Waals surface area contributed by atoms with Gasteiger partial charge in [0.1, 0.15) is 5.40 Å². The number of carboxylic acid groups (broad SMARTS) is 3. The Balaban J connectivity index is 2.10. The Hall–Kier alpha value is -2.85. The summed E-state index contributed by atoms with van der Waals surface area (Å²) in [4.78, 5) is 40.2. The van der Waals surface area contributed by atoms with Crippen molar-refractivity contribution in [3.05, 3.63) is 29.8 Å². The molecule has 33 heavy (non-hydrogen) atoms. The smallest absolute Gasteiger partial charge is 0.404 e. The van der Waals surface area contributed by atoms with Crippen LogP contribution in [0, 0.1) is 10.7 Å². The van der Waals surface area contributed by atoms with Crippen LogP contribution in [0.5, 0.6) is 0 Å². The Bertz CT molecular complexity index is 819. The van der Waals surface area contributed by atoms with E-state index in [1.165, 1.54) is 0 Å². The van der Waals surface area contributed by atoms with Gasteiger partial charge < -0.3 is 20.6 Å². The Morgan fingerprint density at radius 2 is 1.39 bits per heavy atom. The van der Waals surface area contributed by atoms with E-state index in [0.717, 1.165) is 22.2 Å². The van der Waals surface area contributed by atoms with E-state index in [1.807, 2.05) is 34.6 Å². The number of hydrogen-bond donors (Lipinski definition) is 4. The largest absolute Gasteiger partial charge is 0.480 e. The van der Waals surface area contributed by atoms with E-state index in [4.69, 9.17) is 5.26 Å². The number of aliphatic carboxylic acids is 2. The van der Waals surface area contributed by atoms with Crippen LogP contribution in [0.3, 0.4) is 0 Å². The lowest BCUT2D eigenvalue weighted by Crippen LogP contribution is -2.47. The summed E-state index contributed by atoms with van der Waals surface area (Å²) >= 11 is 1.05. The van der Waals surface area contributed by atoms with E-state index >= 15 is 0 Å². The van der Waals surface area contributed by atoms with Gasteiger partial charge in [0.05, 0.1) is 13.1 Å². The molecule has 1 aromatic rings. The first-order valence-corrected chi connectivity index (χ1v) is 11.3. The van der Waals surface area contributed by atoms with Crippen molar-refractivity contribution in [2.75, 3.05) is 58.9 Å². The van der Waals surface area contributed by atoms with Gasteiger partial charge in [0.15, 0.2) is 0 Å². The molecular weight excluding hydrogens is 450 g/mol. The number of nitrogens with one attached hydrogen (secondary N) is 1. The van der Waals surface area contributed by atoms with Crippen molar-refractivity contribution < 1.29 is 29.7 Å². The van der Waals surface area contributed by atoms with E-state index < -0.39 is 24.1 Å². The number of thiocyanates is 1. The highest BCUT2D eigenvalue weighted by Crippen LogP contribution is 2.17. The summed E-state index contributed by atoms with van der Waals surface area (Å²) in [7, 11) is 0. The van der Waals surface area contributed by atoms with Crippen molar-refractivity contribution in [2.45, 2.75) is 17.4 Å². The molecule has 1 heterocycles. The highest BCUT2D eigenvalue weighted by molar-refractivity contribution is 8.03. The van der Waals surface area contributed by atoms with Crippen LogP contribution in [0.15, 0.2) is 29.2 Å². The minimum Gasteiger partial charge on any atom is -0.480 e. The van der Waals surface area contributed by atoms with Crippen LogP contribution in [-0.2, 0) is 16.0 Å². The Labute approximate surface area is 196 Å². The molecule has 2 rings (SSSR count). The molecule has 0 aliphatic carbocycles. The van der Waals surface area contributed by atoms with Crippen LogP contribution in [0.25, 0.3) is 0 Å². The van der Waals surface area contributed by atoms with Crippen molar-refractivity contribution in [1.82, 2.24) is 20.0 Å². The molecule has 1 fully saturated rings. The Morgan fingerprint density at radius 3 is 1.82 bits per heavy atom. The summed E-state index contributed by atoms with van der Waals surface area (Å²) in [5.41, 5.74) is 0.917. The third-order valence-electron chi connectivity index (χ3n) is 5.29. The zero-order chi connectivity index (χ0) is 24.2. The summed E-state index contributed by atoms with van der Waals surface area (Å²) in [5.74, 6) is -1.90. The molecule has 0 spiro atoms. The van der Waals surface area contributed by atoms with Crippen LogP contribution in [0.2, 0.25) is 0 Å². The van der Waals surface area contributed by atoms with E-state index in [2.05, 4.69) is 5.32 Å². The molecule has 11 nitrogen and oxygen atoms in total. The van der Waals surface area contributed by atoms with Crippen LogP contribution in [-0.4, -0.2) is 113 Å². The number of nitriles is 1. The topological polar surface area (TPSA) is 157 Å². The van der Waals surface area contributed by atoms with Crippen molar-refractivity contribution >= 4 is 29.8 Å². The average Bonchev–Trinajstić information content (AvgIpc) is 2.81. The third kappa shape index (κ3) is 10.5. The molecule has 12 heteroatoms. The lowest BCUT2D eigenvalue weighted by atomic mass is 10.1. The number of benzene rings is 1. The second-order valence-corrected chi connectivity index (χ2v) is 8.69. The SMILES string of the molecule is N#CSc1ccc(CC(CN2CCN(CC(=O)O)CCN(CC(=O)O)CC2)NC(=O)O)cc1. The maximum atomic E-state index is 11.4. The minimum absolute atomic E-state index is 0.140. The molecule has 1 aliphatic rings. The first kappa shape index (κ1) is 26.4. The molecule has 0 radical (unpaired) electrons. The van der Waals surface area contributed by atoms with E-state index in [-0.39, 0.29) is 13.1 Å². The van der Waals surface area contributed by atoms with Crippen molar-refractivity contribution in [2.24, 2.45) is 0 Å². The molecular formula is C21H29N5O6S. The molecule has 1 aliphatic heterocycles. The van der Waals surface area contributed by atoms with Crippen molar-refractivity contribution in [3.63, 3.8) is 0 Å². The van der Waals surface area contributed by atoms with Crippen molar-refractivity contribution in [3.8, 4) is 5.40 Å². The second kappa shape index (κ2) is 13.6. The maximum Gasteiger partial charge on any atom is 0.404 e. The highest BCUT2D eigenvalue weighted by Gasteiger charge is 2.22. The molecule has 1 amide bonds. The first-order valence-electron chi connectivity index (χ1n) is 10.5. The van der Waals surface area contributed by atoms with Gasteiger partial charge in [0.2, 0.25) is 0 Å². The Morgan fingerprint density at radius 1 is 0.909 bits per heavy atom. The van der Waals surface area contributed by atoms with E-state index in [1.54, 1.807) is 9.80 Å². The average molecular weight is 480 g/mol. The quantitative estimate of drug-likeness (QED) is 0.274. The van der Waals surface area contributed by atoms with Crippen LogP contribution in [0.1, 0.15) is 5.56 Å². The summed E-state index contributed by atoms with van der Waals surface area (Å²) in [5, 5.41) is 41.0. The molecule has 1 unspecified atom stereocenters. The minimum atomic E-state index is -1.14. The van der Waals surface area contributed by atoms with Gasteiger partial charge in [0, 0.05) is 56.8 Å². The first-order chi connectivity index (χ1) is 15.7. The molecule has 1 saturated heterocycles. The third-order valence-corrected chi connectivity index (χ3v) is 5.89. The monoisotopic (exact) mass is 479 g/mol. The lowest BCUT2D eigenvalue weighted by molar-refractivity contribution is -0.140. The Kier molecular flexibility index (Phi) is 10.9. The second-order valence-electron chi connectivity index (χ2n) is 7.83. The number of amides is 1. The molecule has 180 valence electrons. The highest BCUT2D eigenvalue weighted by atomic mass is 32.2. The molecule has 0 bridgehead atoms. The normalized spacial score (nSPS) is 17.2. The number of carbonyl (C=O) groups is 3. The molecule has 0 saturated carbocycles. The fourth-order valence-corrected chi connectivity index (χ4v) is 4.12. The molecule has 4 N–H and O–H groups in total. The number of thioether (sulfide) groups is 1. The number of carboxylic acids is 2. The van der Waals surface area contributed by atoms with Crippen molar-refractivity contribution in [1.29, 1.82) is 5.26 Å². The molecule has 1 atom stereocenters. The number of hydrogen-bond acceptors (Lipinski definition) is 8. The van der Waals surface area contributed by atoms with Crippen LogP contribution >= 0.6 is 11.8 Å². The van der Waals surface area contributed by atoms with Gasteiger partial charge in [-0.15, -0.1) is 0 Å². The number of rotatable bonds is 10. The van der Waals surface area contributed by atoms with E-state index in [0.29, 0.717) is 52.2 Å². The van der Waals surface area contributed by atoms with Crippen LogP contribution < -0.4 is 5.32 Å². The van der Waals surface area contributed by atoms with Gasteiger partial charge in [0.25, 0.3) is 0 Å². The van der Waals surface area contributed by atoms with Gasteiger partial charge in [-0.05, 0) is 35.9 Å². The van der Waals surface area contributed by atoms with Gasteiger partial charge in [-0.1, -0.05) is 12.1 Å². The molecule has 1 aromatic carbocycles. The zero-order valence-electron chi connectivity index (χ0n) is 18.2. The predicted octanol–water partition coefficient (Wildman–Crippen LogP) is 0.527. The number of nitrogens with zero attached hydrogens (tertiary/aromatic N) is 4. The molecule has 0 aromatic heterocycles. The maximum absolute atomic E-state index is 11.4. The van der Waals surface area contributed by atoms with Crippen LogP contribution in [0.4, 0.5) is 4.79 Å². The summed E-state index contributed by atoms with van der Waals surface area (Å²) in [6.07, 6.45) is -0.696. The predicted molar refractivity (Wildman–Crippen MR) is 121 cm³/mol. The fourth-order valence-electron chi connectivity index (χ4n) is 3.74. The van der Waals surface area contributed by atoms with Gasteiger partial charge in [-0.3, -0.25) is 24.3 Å². The fraction of sp³-hybridized carbons (Fsp3) is 0.524. The summed E-state index contributed by atoms with van der Waals surface area (Å²) in [6, 6.07) is 6.93. The standard InChI is InChI=1S/C21H29N5O6S/c22-15-33-18-3-1-16(2-4-18)11-17(23-21(31)32)12-24-5-7-25(13-19(27)28)9-10-26(8-6-24)14-20(29)30/h1-4,17,23H,5-14H2,(H,27,28)(H,29,30)(H,31,32). The zero-order valence-corrected chi connectivity index (χ0v) is 19.0. The van der Waals surface area contributed by atoms with Gasteiger partial charge >= 0.3 is 18.0 Å². The van der Waals surface area contributed by atoms with Gasteiger partial charge in [-0.25, -0.2) is 4.79 Å². The van der Waals surface area contributed by atoms with Gasteiger partial charge in [-0.2, -0.15) is 5.26 Å². The van der Waals surface area contributed by atoms with E-state index in [9.17, 15) is 29.7 Å². The lowest BCUT2D eigenvalue weighted by Gasteiger charge is -2.29. The summed E-state index contributed by atoms with van der Waals surface area (Å²) in [6.45, 7) is 3.02.